The lowest BCUT2D eigenvalue weighted by Crippen LogP contribution is -1.96. The van der Waals surface area contributed by atoms with E-state index in [1.807, 2.05) is 13.2 Å². The minimum Gasteiger partial charge on any atom is -0.478 e. The molecular weight excluding hydrogens is 304 g/mol. The van der Waals surface area contributed by atoms with Crippen LogP contribution in [0, 0.1) is 0 Å². The molecule has 0 radical (unpaired) electrons. The Morgan fingerprint density at radius 1 is 1.47 bits per heavy atom. The summed E-state index contributed by atoms with van der Waals surface area (Å²) in [6.07, 6.45) is 3.67. The van der Waals surface area contributed by atoms with Crippen LogP contribution in [0.15, 0.2) is 44.9 Å². The number of carboxylic acid groups (broad SMARTS) is 1. The summed E-state index contributed by atoms with van der Waals surface area (Å²) in [4.78, 5) is 12.8. The van der Waals surface area contributed by atoms with Crippen molar-refractivity contribution in [1.82, 2.24) is 9.78 Å². The number of hydrogen-bond donors (Lipinski definition) is 1. The second kappa shape index (κ2) is 4.93. The van der Waals surface area contributed by atoms with E-state index >= 15 is 0 Å². The number of aromatic nitrogens is 2. The van der Waals surface area contributed by atoms with Crippen molar-refractivity contribution in [3.8, 4) is 0 Å². The van der Waals surface area contributed by atoms with Crippen LogP contribution in [-0.4, -0.2) is 20.9 Å². The summed E-state index contributed by atoms with van der Waals surface area (Å²) in [6.45, 7) is 0. The average Bonchev–Trinajstić information content (AvgIpc) is 2.63. The molecule has 1 aromatic carbocycles. The van der Waals surface area contributed by atoms with Gasteiger partial charge in [0.1, 0.15) is 0 Å². The van der Waals surface area contributed by atoms with Gasteiger partial charge in [0.2, 0.25) is 0 Å². The first kappa shape index (κ1) is 12.2. The molecule has 0 amide bonds. The summed E-state index contributed by atoms with van der Waals surface area (Å²) in [7, 11) is 1.85. The van der Waals surface area contributed by atoms with E-state index in [-0.39, 0.29) is 5.56 Å². The molecule has 4 nitrogen and oxygen atoms in total. The van der Waals surface area contributed by atoms with Crippen molar-refractivity contribution in [2.24, 2.45) is 7.05 Å². The van der Waals surface area contributed by atoms with Crippen LogP contribution in [0.4, 0.5) is 0 Å². The fraction of sp³-hybridized carbons (Fsp3) is 0.0909. The van der Waals surface area contributed by atoms with Crippen LogP contribution in [0.5, 0.6) is 0 Å². The molecule has 0 spiro atoms. The number of aromatic carboxylic acids is 1. The molecule has 0 bridgehead atoms. The Morgan fingerprint density at radius 2 is 2.24 bits per heavy atom. The number of carboxylic acids is 1. The van der Waals surface area contributed by atoms with Crippen LogP contribution >= 0.6 is 27.7 Å². The van der Waals surface area contributed by atoms with Gasteiger partial charge in [-0.3, -0.25) is 4.68 Å². The molecule has 0 atom stereocenters. The summed E-state index contributed by atoms with van der Waals surface area (Å²) in [5.74, 6) is -0.935. The van der Waals surface area contributed by atoms with Crippen molar-refractivity contribution in [3.63, 3.8) is 0 Å². The minimum absolute atomic E-state index is 0.264. The molecule has 2 aromatic rings. The van der Waals surface area contributed by atoms with Gasteiger partial charge in [0.25, 0.3) is 0 Å². The average molecular weight is 313 g/mol. The minimum atomic E-state index is -0.935. The van der Waals surface area contributed by atoms with Gasteiger partial charge in [0, 0.05) is 22.6 Å². The highest BCUT2D eigenvalue weighted by Crippen LogP contribution is 2.30. The molecule has 0 unspecified atom stereocenters. The van der Waals surface area contributed by atoms with Gasteiger partial charge >= 0.3 is 5.97 Å². The highest BCUT2D eigenvalue weighted by molar-refractivity contribution is 9.10. The maximum atomic E-state index is 10.8. The summed E-state index contributed by atoms with van der Waals surface area (Å²) < 4.78 is 2.31. The highest BCUT2D eigenvalue weighted by atomic mass is 79.9. The van der Waals surface area contributed by atoms with E-state index in [4.69, 9.17) is 5.11 Å². The van der Waals surface area contributed by atoms with Gasteiger partial charge in [-0.1, -0.05) is 11.8 Å². The molecule has 0 aliphatic carbocycles. The number of benzene rings is 1. The summed E-state index contributed by atoms with van der Waals surface area (Å²) in [5, 5.41) is 13.0. The van der Waals surface area contributed by atoms with Gasteiger partial charge in [-0.25, -0.2) is 4.79 Å². The number of nitrogens with zero attached hydrogens (tertiary/aromatic N) is 2. The first-order valence-corrected chi connectivity index (χ1v) is 6.36. The zero-order valence-corrected chi connectivity index (χ0v) is 11.3. The molecule has 0 aliphatic rings. The molecule has 0 fully saturated rings. The Bertz CT molecular complexity index is 568. The van der Waals surface area contributed by atoms with Crippen LogP contribution in [0.1, 0.15) is 10.4 Å². The van der Waals surface area contributed by atoms with E-state index in [1.165, 1.54) is 11.8 Å². The Morgan fingerprint density at radius 3 is 2.76 bits per heavy atom. The third-order valence-corrected chi connectivity index (χ3v) is 3.68. The van der Waals surface area contributed by atoms with Crippen molar-refractivity contribution in [1.29, 1.82) is 0 Å². The Hall–Kier alpha value is -1.27. The van der Waals surface area contributed by atoms with E-state index < -0.39 is 5.97 Å². The van der Waals surface area contributed by atoms with E-state index in [0.717, 1.165) is 9.79 Å². The fourth-order valence-electron chi connectivity index (χ4n) is 1.32. The molecule has 1 N–H and O–H groups in total. The molecule has 1 heterocycles. The third-order valence-electron chi connectivity index (χ3n) is 2.09. The molecule has 6 heteroatoms. The molecule has 2 rings (SSSR count). The maximum Gasteiger partial charge on any atom is 0.336 e. The van der Waals surface area contributed by atoms with Crippen molar-refractivity contribution in [2.45, 2.75) is 9.79 Å². The lowest BCUT2D eigenvalue weighted by Gasteiger charge is -2.02. The zero-order chi connectivity index (χ0) is 12.4. The summed E-state index contributed by atoms with van der Waals surface area (Å²) >= 11 is 4.79. The van der Waals surface area contributed by atoms with Crippen molar-refractivity contribution >= 4 is 33.7 Å². The third kappa shape index (κ3) is 2.89. The van der Waals surface area contributed by atoms with E-state index in [1.54, 1.807) is 29.1 Å². The molecule has 17 heavy (non-hydrogen) atoms. The van der Waals surface area contributed by atoms with Gasteiger partial charge in [-0.05, 0) is 34.1 Å². The van der Waals surface area contributed by atoms with Gasteiger partial charge in [-0.2, -0.15) is 5.10 Å². The largest absolute Gasteiger partial charge is 0.478 e. The van der Waals surface area contributed by atoms with E-state index in [0.29, 0.717) is 4.47 Å². The molecule has 0 aliphatic heterocycles. The van der Waals surface area contributed by atoms with Crippen LogP contribution in [0.3, 0.4) is 0 Å². The second-order valence-corrected chi connectivity index (χ2v) is 5.40. The monoisotopic (exact) mass is 312 g/mol. The smallest absolute Gasteiger partial charge is 0.336 e. The molecular formula is C11H9BrN2O2S. The quantitative estimate of drug-likeness (QED) is 0.946. The number of hydrogen-bond acceptors (Lipinski definition) is 3. The van der Waals surface area contributed by atoms with Gasteiger partial charge < -0.3 is 5.11 Å². The molecule has 0 saturated heterocycles. The van der Waals surface area contributed by atoms with Crippen molar-refractivity contribution < 1.29 is 9.90 Å². The zero-order valence-electron chi connectivity index (χ0n) is 8.92. The fourth-order valence-corrected chi connectivity index (χ4v) is 2.91. The Labute approximate surface area is 111 Å². The number of aryl methyl sites for hydroxylation is 1. The number of carbonyl (C=O) groups is 1. The highest BCUT2D eigenvalue weighted by Gasteiger charge is 2.09. The summed E-state index contributed by atoms with van der Waals surface area (Å²) in [5.41, 5.74) is 0.264. The van der Waals surface area contributed by atoms with Crippen molar-refractivity contribution in [2.75, 3.05) is 0 Å². The normalized spacial score (nSPS) is 10.5. The molecule has 88 valence electrons. The van der Waals surface area contributed by atoms with Gasteiger partial charge in [0.05, 0.1) is 16.7 Å². The van der Waals surface area contributed by atoms with Gasteiger partial charge in [0.15, 0.2) is 0 Å². The van der Waals surface area contributed by atoms with E-state index in [9.17, 15) is 4.79 Å². The standard InChI is InChI=1S/C11H9BrN2O2S/c1-14-6-8(5-13-14)17-7-2-3-9(11(15)16)10(12)4-7/h2-6H,1H3,(H,15,16). The van der Waals surface area contributed by atoms with Crippen LogP contribution in [0.2, 0.25) is 0 Å². The van der Waals surface area contributed by atoms with Gasteiger partial charge in [-0.15, -0.1) is 0 Å². The Balaban J connectivity index is 2.23. The lowest BCUT2D eigenvalue weighted by molar-refractivity contribution is 0.0696. The molecule has 0 saturated carbocycles. The van der Waals surface area contributed by atoms with Crippen molar-refractivity contribution in [3.05, 3.63) is 40.6 Å². The predicted octanol–water partition coefficient (Wildman–Crippen LogP) is 3.03. The number of halogens is 1. The van der Waals surface area contributed by atoms with E-state index in [2.05, 4.69) is 21.0 Å². The SMILES string of the molecule is Cn1cc(Sc2ccc(C(=O)O)c(Br)c2)cn1. The molecule has 1 aromatic heterocycles. The topological polar surface area (TPSA) is 55.1 Å². The number of rotatable bonds is 3. The van der Waals surface area contributed by atoms with Crippen LogP contribution in [0.25, 0.3) is 0 Å². The first-order chi connectivity index (χ1) is 8.06. The predicted molar refractivity (Wildman–Crippen MR) is 68.4 cm³/mol. The first-order valence-electron chi connectivity index (χ1n) is 4.75. The lowest BCUT2D eigenvalue weighted by atomic mass is 10.2. The Kier molecular flexibility index (Phi) is 3.54. The maximum absolute atomic E-state index is 10.8. The van der Waals surface area contributed by atoms with Crippen LogP contribution in [-0.2, 0) is 7.05 Å². The summed E-state index contributed by atoms with van der Waals surface area (Å²) in [6, 6.07) is 5.16. The second-order valence-electron chi connectivity index (χ2n) is 3.40. The van der Waals surface area contributed by atoms with Crippen LogP contribution < -0.4 is 0 Å².